The fourth-order valence-corrected chi connectivity index (χ4v) is 6.25. The lowest BCUT2D eigenvalue weighted by Crippen LogP contribution is -2.45. The number of fused-ring (bicyclic) bond motifs is 3. The third kappa shape index (κ3) is 5.18. The maximum absolute atomic E-state index is 13.8. The van der Waals surface area contributed by atoms with Crippen LogP contribution in [0.4, 0.5) is 4.79 Å². The van der Waals surface area contributed by atoms with E-state index in [1.807, 2.05) is 40.0 Å². The number of ether oxygens (including phenoxy) is 1. The van der Waals surface area contributed by atoms with Gasteiger partial charge in [0, 0.05) is 47.7 Å². The number of aromatic amines is 1. The van der Waals surface area contributed by atoms with E-state index in [2.05, 4.69) is 16.0 Å². The number of hydrogen-bond donors (Lipinski definition) is 1. The Morgan fingerprint density at radius 1 is 1.14 bits per heavy atom. The summed E-state index contributed by atoms with van der Waals surface area (Å²) in [4.78, 5) is 33.6. The predicted octanol–water partition coefficient (Wildman–Crippen LogP) is 6.33. The first-order valence-electron chi connectivity index (χ1n) is 13.2. The molecule has 0 bridgehead atoms. The van der Waals surface area contributed by atoms with Crippen LogP contribution in [-0.2, 0) is 16.0 Å². The number of carbonyl (C=O) groups excluding carboxylic acids is 2. The fraction of sp³-hybridized carbons (Fsp3) is 0.643. The summed E-state index contributed by atoms with van der Waals surface area (Å²) in [5, 5.41) is 1.98. The van der Waals surface area contributed by atoms with Crippen LogP contribution in [0, 0.1) is 17.8 Å². The summed E-state index contributed by atoms with van der Waals surface area (Å²) in [5.74, 6) is 1.38. The molecular formula is C28H38ClN3O3. The van der Waals surface area contributed by atoms with Gasteiger partial charge in [-0.3, -0.25) is 4.79 Å². The highest BCUT2D eigenvalue weighted by atomic mass is 35.5. The molecule has 1 aromatic carbocycles. The van der Waals surface area contributed by atoms with E-state index in [1.165, 1.54) is 29.5 Å². The van der Waals surface area contributed by atoms with Crippen molar-refractivity contribution in [1.82, 2.24) is 14.8 Å². The third-order valence-corrected chi connectivity index (χ3v) is 8.16. The highest BCUT2D eigenvalue weighted by Crippen LogP contribution is 2.49. The largest absolute Gasteiger partial charge is 0.444 e. The highest BCUT2D eigenvalue weighted by Gasteiger charge is 2.44. The molecule has 5 rings (SSSR count). The molecule has 1 atom stereocenters. The second-order valence-electron chi connectivity index (χ2n) is 11.8. The van der Waals surface area contributed by atoms with Crippen LogP contribution in [0.15, 0.2) is 18.2 Å². The second kappa shape index (κ2) is 9.34. The molecule has 3 aliphatic rings. The Morgan fingerprint density at radius 3 is 2.51 bits per heavy atom. The van der Waals surface area contributed by atoms with Crippen LogP contribution in [0.2, 0.25) is 5.02 Å². The number of nitrogens with one attached hydrogen (secondary N) is 1. The molecule has 2 amide bonds. The summed E-state index contributed by atoms with van der Waals surface area (Å²) in [6.45, 7) is 7.14. The van der Waals surface area contributed by atoms with Crippen LogP contribution in [0.3, 0.4) is 0 Å². The maximum Gasteiger partial charge on any atom is 0.410 e. The first-order valence-corrected chi connectivity index (χ1v) is 13.5. The molecule has 7 heteroatoms. The Bertz CT molecular complexity index is 1110. The molecule has 1 N–H and O–H groups in total. The maximum atomic E-state index is 13.8. The van der Waals surface area contributed by atoms with Gasteiger partial charge in [-0.25, -0.2) is 4.79 Å². The summed E-state index contributed by atoms with van der Waals surface area (Å²) < 4.78 is 5.49. The average molecular weight is 500 g/mol. The Balaban J connectivity index is 1.23. The topological polar surface area (TPSA) is 65.6 Å². The van der Waals surface area contributed by atoms with Crippen LogP contribution >= 0.6 is 11.6 Å². The summed E-state index contributed by atoms with van der Waals surface area (Å²) in [6.07, 6.45) is 6.74. The highest BCUT2D eigenvalue weighted by molar-refractivity contribution is 6.31. The molecule has 2 aliphatic carbocycles. The van der Waals surface area contributed by atoms with Crippen molar-refractivity contribution in [2.45, 2.75) is 77.4 Å². The van der Waals surface area contributed by atoms with Crippen LogP contribution < -0.4 is 0 Å². The molecule has 0 spiro atoms. The Kier molecular flexibility index (Phi) is 6.54. The van der Waals surface area contributed by atoms with E-state index in [4.69, 9.17) is 16.3 Å². The fourth-order valence-electron chi connectivity index (χ4n) is 6.08. The van der Waals surface area contributed by atoms with Crippen LogP contribution in [0.1, 0.15) is 76.6 Å². The molecule has 0 radical (unpaired) electrons. The van der Waals surface area contributed by atoms with E-state index in [0.717, 1.165) is 49.2 Å². The van der Waals surface area contributed by atoms with Crippen LogP contribution in [-0.4, -0.2) is 52.5 Å². The molecule has 2 saturated carbocycles. The van der Waals surface area contributed by atoms with E-state index in [1.54, 1.807) is 4.90 Å². The normalized spacial score (nSPS) is 24.8. The van der Waals surface area contributed by atoms with Gasteiger partial charge in [0.15, 0.2) is 0 Å². The van der Waals surface area contributed by atoms with Gasteiger partial charge in [-0.1, -0.05) is 17.7 Å². The summed E-state index contributed by atoms with van der Waals surface area (Å²) in [5.41, 5.74) is 3.19. The van der Waals surface area contributed by atoms with E-state index >= 15 is 0 Å². The zero-order chi connectivity index (χ0) is 24.9. The minimum Gasteiger partial charge on any atom is -0.444 e. The van der Waals surface area contributed by atoms with Gasteiger partial charge in [-0.2, -0.15) is 0 Å². The van der Waals surface area contributed by atoms with Crippen molar-refractivity contribution >= 4 is 34.5 Å². The zero-order valence-corrected chi connectivity index (χ0v) is 22.2. The van der Waals surface area contributed by atoms with Gasteiger partial charge >= 0.3 is 6.09 Å². The summed E-state index contributed by atoms with van der Waals surface area (Å²) in [7, 11) is 1.81. The molecule has 1 aromatic heterocycles. The molecule has 1 aliphatic heterocycles. The lowest BCUT2D eigenvalue weighted by molar-refractivity contribution is -0.140. The molecule has 35 heavy (non-hydrogen) atoms. The van der Waals surface area contributed by atoms with Crippen molar-refractivity contribution < 1.29 is 14.3 Å². The van der Waals surface area contributed by atoms with Gasteiger partial charge in [0.25, 0.3) is 0 Å². The van der Waals surface area contributed by atoms with Crippen molar-refractivity contribution in [2.24, 2.45) is 17.8 Å². The predicted molar refractivity (Wildman–Crippen MR) is 139 cm³/mol. The van der Waals surface area contributed by atoms with Crippen molar-refractivity contribution in [3.63, 3.8) is 0 Å². The number of amides is 2. The number of aromatic nitrogens is 1. The molecular weight excluding hydrogens is 462 g/mol. The van der Waals surface area contributed by atoms with Crippen molar-refractivity contribution in [3.8, 4) is 0 Å². The minimum atomic E-state index is -0.487. The molecule has 2 aromatic rings. The SMILES string of the molecule is CN(C[C@H]1CC[C@H](C(=O)N2CCc3c([nH]c4cc(Cl)ccc34)C2C2CC2)CC1)C(=O)OC(C)(C)C. The Morgan fingerprint density at radius 2 is 1.86 bits per heavy atom. The molecule has 190 valence electrons. The Hall–Kier alpha value is -2.21. The van der Waals surface area contributed by atoms with Crippen molar-refractivity contribution in [1.29, 1.82) is 0 Å². The Labute approximate surface area is 213 Å². The van der Waals surface area contributed by atoms with Gasteiger partial charge in [0.1, 0.15) is 5.60 Å². The van der Waals surface area contributed by atoms with Crippen LogP contribution in [0.25, 0.3) is 10.9 Å². The molecule has 0 saturated heterocycles. The van der Waals surface area contributed by atoms with Gasteiger partial charge in [-0.15, -0.1) is 0 Å². The summed E-state index contributed by atoms with van der Waals surface area (Å²) in [6, 6.07) is 6.24. The monoisotopic (exact) mass is 499 g/mol. The molecule has 6 nitrogen and oxygen atoms in total. The number of nitrogens with zero attached hydrogens (tertiary/aromatic N) is 2. The number of carbonyl (C=O) groups is 2. The van der Waals surface area contributed by atoms with Gasteiger partial charge < -0.3 is 19.5 Å². The zero-order valence-electron chi connectivity index (χ0n) is 21.4. The molecule has 2 heterocycles. The quantitative estimate of drug-likeness (QED) is 0.534. The first kappa shape index (κ1) is 24.5. The van der Waals surface area contributed by atoms with Gasteiger partial charge in [0.05, 0.1) is 6.04 Å². The van der Waals surface area contributed by atoms with Crippen molar-refractivity contribution in [3.05, 3.63) is 34.5 Å². The van der Waals surface area contributed by atoms with E-state index in [-0.39, 0.29) is 18.1 Å². The molecule has 2 fully saturated rings. The smallest absolute Gasteiger partial charge is 0.410 e. The summed E-state index contributed by atoms with van der Waals surface area (Å²) >= 11 is 6.25. The third-order valence-electron chi connectivity index (χ3n) is 7.92. The minimum absolute atomic E-state index is 0.0831. The lowest BCUT2D eigenvalue weighted by Gasteiger charge is -2.40. The number of rotatable bonds is 4. The number of halogens is 1. The number of hydrogen-bond acceptors (Lipinski definition) is 3. The number of H-pyrrole nitrogens is 1. The standard InChI is InChI=1S/C28H38ClN3O3/c1-28(2,3)35-27(34)31(4)16-17-5-7-19(8-6-17)26(33)32-14-13-22-21-12-11-20(29)15-23(21)30-24(22)25(32)18-9-10-18/h11-12,15,17-19,25,30H,5-10,13-14,16H2,1-4H3/t17-,19-,25?. The van der Waals surface area contributed by atoms with E-state index in [9.17, 15) is 9.59 Å². The van der Waals surface area contributed by atoms with Crippen LogP contribution in [0.5, 0.6) is 0 Å². The number of benzene rings is 1. The lowest BCUT2D eigenvalue weighted by atomic mass is 9.80. The van der Waals surface area contributed by atoms with Gasteiger partial charge in [0.2, 0.25) is 5.91 Å². The second-order valence-corrected chi connectivity index (χ2v) is 12.3. The van der Waals surface area contributed by atoms with E-state index < -0.39 is 5.60 Å². The average Bonchev–Trinajstić information content (AvgIpc) is 3.57. The van der Waals surface area contributed by atoms with Crippen molar-refractivity contribution in [2.75, 3.05) is 20.1 Å². The van der Waals surface area contributed by atoms with E-state index in [0.29, 0.717) is 24.3 Å². The molecule has 1 unspecified atom stereocenters. The first-order chi connectivity index (χ1) is 16.6. The van der Waals surface area contributed by atoms with Gasteiger partial charge in [-0.05, 0) is 95.2 Å².